The van der Waals surface area contributed by atoms with Gasteiger partial charge in [0.05, 0.1) is 13.1 Å². The minimum absolute atomic E-state index is 0.0410. The van der Waals surface area contributed by atoms with Crippen LogP contribution in [-0.4, -0.2) is 56.4 Å². The SMILES string of the molecule is C=CCNC(=O)NCCOC(=O)C(CCCCN=C=O)N=C=O. The van der Waals surface area contributed by atoms with Crippen molar-refractivity contribution in [1.29, 1.82) is 0 Å². The molecule has 0 fully saturated rings. The molecule has 0 bridgehead atoms. The molecule has 0 saturated heterocycles. The van der Waals surface area contributed by atoms with Crippen molar-refractivity contribution in [3.63, 3.8) is 0 Å². The van der Waals surface area contributed by atoms with Gasteiger partial charge in [-0.3, -0.25) is 0 Å². The fraction of sp³-hybridized carbons (Fsp3) is 0.571. The summed E-state index contributed by atoms with van der Waals surface area (Å²) in [6, 6.07) is -1.35. The molecule has 0 heterocycles. The molecule has 23 heavy (non-hydrogen) atoms. The second-order valence-corrected chi connectivity index (χ2v) is 4.30. The zero-order valence-corrected chi connectivity index (χ0v) is 12.7. The summed E-state index contributed by atoms with van der Waals surface area (Å²) in [5, 5.41) is 4.97. The molecule has 9 nitrogen and oxygen atoms in total. The number of nitrogens with zero attached hydrogens (tertiary/aromatic N) is 2. The summed E-state index contributed by atoms with van der Waals surface area (Å²) < 4.78 is 4.93. The lowest BCUT2D eigenvalue weighted by Crippen LogP contribution is -2.38. The normalized spacial score (nSPS) is 10.4. The van der Waals surface area contributed by atoms with Gasteiger partial charge in [-0.25, -0.2) is 24.2 Å². The minimum atomic E-state index is -0.942. The summed E-state index contributed by atoms with van der Waals surface area (Å²) >= 11 is 0. The van der Waals surface area contributed by atoms with Gasteiger partial charge >= 0.3 is 12.0 Å². The summed E-state index contributed by atoms with van der Waals surface area (Å²) in [6.07, 6.45) is 5.67. The molecule has 0 aliphatic carbocycles. The molecule has 9 heteroatoms. The van der Waals surface area contributed by atoms with Gasteiger partial charge in [0, 0.05) is 6.54 Å². The summed E-state index contributed by atoms with van der Waals surface area (Å²) in [4.78, 5) is 49.9. The van der Waals surface area contributed by atoms with E-state index in [-0.39, 0.29) is 19.6 Å². The maximum atomic E-state index is 11.7. The maximum absolute atomic E-state index is 11.7. The number of ether oxygens (including phenoxy) is 1. The zero-order chi connectivity index (χ0) is 17.3. The van der Waals surface area contributed by atoms with E-state index in [1.807, 2.05) is 0 Å². The van der Waals surface area contributed by atoms with Gasteiger partial charge in [-0.1, -0.05) is 6.08 Å². The van der Waals surface area contributed by atoms with Crippen LogP contribution in [0, 0.1) is 0 Å². The molecule has 0 radical (unpaired) electrons. The second kappa shape index (κ2) is 14.2. The molecule has 0 aliphatic rings. The maximum Gasteiger partial charge on any atom is 0.331 e. The van der Waals surface area contributed by atoms with E-state index in [1.54, 1.807) is 0 Å². The number of aliphatic imine (C=N–C) groups is 2. The van der Waals surface area contributed by atoms with Gasteiger partial charge in [-0.2, -0.15) is 4.99 Å². The van der Waals surface area contributed by atoms with E-state index in [1.165, 1.54) is 18.2 Å². The Morgan fingerprint density at radius 2 is 2.00 bits per heavy atom. The Morgan fingerprint density at radius 1 is 1.22 bits per heavy atom. The first-order valence-corrected chi connectivity index (χ1v) is 7.05. The molecule has 1 unspecified atom stereocenters. The fourth-order valence-corrected chi connectivity index (χ4v) is 1.51. The van der Waals surface area contributed by atoms with E-state index in [0.717, 1.165) is 0 Å². The number of isocyanates is 2. The highest BCUT2D eigenvalue weighted by atomic mass is 16.5. The van der Waals surface area contributed by atoms with Crippen LogP contribution in [0.15, 0.2) is 22.6 Å². The van der Waals surface area contributed by atoms with Crippen LogP contribution in [0.3, 0.4) is 0 Å². The average Bonchev–Trinajstić information content (AvgIpc) is 2.55. The van der Waals surface area contributed by atoms with Crippen molar-refractivity contribution in [1.82, 2.24) is 10.6 Å². The van der Waals surface area contributed by atoms with Crippen molar-refractivity contribution in [2.24, 2.45) is 9.98 Å². The highest BCUT2D eigenvalue weighted by Gasteiger charge is 2.18. The summed E-state index contributed by atoms with van der Waals surface area (Å²) in [6.45, 7) is 4.17. The van der Waals surface area contributed by atoms with Crippen LogP contribution in [0.25, 0.3) is 0 Å². The fourth-order valence-electron chi connectivity index (χ4n) is 1.51. The van der Waals surface area contributed by atoms with Crippen LogP contribution < -0.4 is 10.6 Å². The van der Waals surface area contributed by atoms with Crippen molar-refractivity contribution >= 4 is 24.2 Å². The number of carbonyl (C=O) groups excluding carboxylic acids is 4. The van der Waals surface area contributed by atoms with Crippen LogP contribution in [0.5, 0.6) is 0 Å². The van der Waals surface area contributed by atoms with E-state index in [2.05, 4.69) is 27.2 Å². The largest absolute Gasteiger partial charge is 0.462 e. The van der Waals surface area contributed by atoms with Gasteiger partial charge in [0.15, 0.2) is 6.04 Å². The van der Waals surface area contributed by atoms with Gasteiger partial charge < -0.3 is 15.4 Å². The van der Waals surface area contributed by atoms with Gasteiger partial charge in [0.2, 0.25) is 12.2 Å². The Kier molecular flexibility index (Phi) is 12.5. The number of urea groups is 1. The number of hydrogen-bond donors (Lipinski definition) is 2. The Balaban J connectivity index is 4.00. The van der Waals surface area contributed by atoms with Gasteiger partial charge in [-0.15, -0.1) is 6.58 Å². The molecule has 0 aliphatic heterocycles. The first-order valence-electron chi connectivity index (χ1n) is 7.05. The Hall–Kier alpha value is -2.76. The molecule has 0 spiro atoms. The molecular formula is C14H20N4O5. The van der Waals surface area contributed by atoms with E-state index < -0.39 is 18.0 Å². The first-order chi connectivity index (χ1) is 11.2. The van der Waals surface area contributed by atoms with Crippen molar-refractivity contribution in [2.75, 3.05) is 26.2 Å². The molecule has 1 atom stereocenters. The molecule has 2 amide bonds. The molecule has 0 rings (SSSR count). The van der Waals surface area contributed by atoms with Crippen LogP contribution in [0.4, 0.5) is 4.79 Å². The second-order valence-electron chi connectivity index (χ2n) is 4.30. The predicted octanol–water partition coefficient (Wildman–Crippen LogP) is 0.225. The number of unbranched alkanes of at least 4 members (excludes halogenated alkanes) is 1. The van der Waals surface area contributed by atoms with Gasteiger partial charge in [-0.05, 0) is 19.3 Å². The molecule has 2 N–H and O–H groups in total. The van der Waals surface area contributed by atoms with E-state index >= 15 is 0 Å². The highest BCUT2D eigenvalue weighted by Crippen LogP contribution is 2.06. The Labute approximate surface area is 133 Å². The van der Waals surface area contributed by atoms with Crippen LogP contribution >= 0.6 is 0 Å². The van der Waals surface area contributed by atoms with Gasteiger partial charge in [0.25, 0.3) is 0 Å². The summed E-state index contributed by atoms with van der Waals surface area (Å²) in [5.41, 5.74) is 0. The number of hydrogen-bond acceptors (Lipinski definition) is 7. The summed E-state index contributed by atoms with van der Waals surface area (Å²) in [7, 11) is 0. The minimum Gasteiger partial charge on any atom is -0.462 e. The molecule has 0 aromatic heterocycles. The molecular weight excluding hydrogens is 304 g/mol. The summed E-state index contributed by atoms with van der Waals surface area (Å²) in [5.74, 6) is -0.666. The van der Waals surface area contributed by atoms with Gasteiger partial charge in [0.1, 0.15) is 6.61 Å². The lowest BCUT2D eigenvalue weighted by Gasteiger charge is -2.11. The Morgan fingerprint density at radius 3 is 2.65 bits per heavy atom. The van der Waals surface area contributed by atoms with Crippen molar-refractivity contribution in [3.05, 3.63) is 12.7 Å². The molecule has 126 valence electrons. The number of rotatable bonds is 12. The van der Waals surface area contributed by atoms with E-state index in [0.29, 0.717) is 25.9 Å². The highest BCUT2D eigenvalue weighted by molar-refractivity contribution is 5.77. The lowest BCUT2D eigenvalue weighted by atomic mass is 10.1. The molecule has 0 aromatic rings. The van der Waals surface area contributed by atoms with Crippen molar-refractivity contribution in [3.8, 4) is 0 Å². The lowest BCUT2D eigenvalue weighted by molar-refractivity contribution is -0.145. The number of esters is 1. The Bertz CT molecular complexity index is 482. The van der Waals surface area contributed by atoms with Crippen LogP contribution in [0.1, 0.15) is 19.3 Å². The number of carbonyl (C=O) groups is 2. The average molecular weight is 324 g/mol. The van der Waals surface area contributed by atoms with Crippen molar-refractivity contribution < 1.29 is 23.9 Å². The monoisotopic (exact) mass is 324 g/mol. The standard InChI is InChI=1S/C14H20N4O5/c1-2-6-16-14(22)17-8-9-23-13(21)12(18-11-20)5-3-4-7-15-10-19/h2,12H,1,3-9H2,(H2,16,17,22). The molecule has 0 saturated carbocycles. The third kappa shape index (κ3) is 11.6. The van der Waals surface area contributed by atoms with E-state index in [9.17, 15) is 19.2 Å². The number of nitrogens with one attached hydrogen (secondary N) is 2. The number of amides is 2. The quantitative estimate of drug-likeness (QED) is 0.175. The molecule has 0 aromatic carbocycles. The predicted molar refractivity (Wildman–Crippen MR) is 81.3 cm³/mol. The van der Waals surface area contributed by atoms with E-state index in [4.69, 9.17) is 4.74 Å². The van der Waals surface area contributed by atoms with Crippen LogP contribution in [-0.2, 0) is 19.1 Å². The first kappa shape index (κ1) is 20.2. The third-order valence-electron chi connectivity index (χ3n) is 2.58. The van der Waals surface area contributed by atoms with Crippen LogP contribution in [0.2, 0.25) is 0 Å². The topological polar surface area (TPSA) is 126 Å². The smallest absolute Gasteiger partial charge is 0.331 e. The van der Waals surface area contributed by atoms with Crippen molar-refractivity contribution in [2.45, 2.75) is 25.3 Å². The zero-order valence-electron chi connectivity index (χ0n) is 12.7. The third-order valence-corrected chi connectivity index (χ3v) is 2.58.